The van der Waals surface area contributed by atoms with Gasteiger partial charge in [-0.2, -0.15) is 0 Å². The van der Waals surface area contributed by atoms with Crippen LogP contribution in [-0.2, 0) is 9.47 Å². The Balaban J connectivity index is 1.77. The summed E-state index contributed by atoms with van der Waals surface area (Å²) in [6, 6.07) is 6.18. The summed E-state index contributed by atoms with van der Waals surface area (Å²) in [4.78, 5) is 2.34. The van der Waals surface area contributed by atoms with Gasteiger partial charge in [-0.05, 0) is 12.1 Å². The number of hydrogen-bond acceptors (Lipinski definition) is 5. The zero-order valence-electron chi connectivity index (χ0n) is 12.1. The lowest BCUT2D eigenvalue weighted by atomic mass is 10.0. The molecule has 3 rings (SSSR count). The molecule has 2 saturated heterocycles. The number of rotatable bonds is 3. The quantitative estimate of drug-likeness (QED) is 0.917. The van der Waals surface area contributed by atoms with E-state index in [1.54, 1.807) is 7.11 Å². The number of hydrogen-bond donors (Lipinski definition) is 1. The molecule has 0 aliphatic carbocycles. The van der Waals surface area contributed by atoms with Gasteiger partial charge in [-0.25, -0.2) is 0 Å². The lowest BCUT2D eigenvalue weighted by Crippen LogP contribution is -2.45. The summed E-state index contributed by atoms with van der Waals surface area (Å²) >= 11 is 0. The zero-order chi connectivity index (χ0) is 14.0. The summed E-state index contributed by atoms with van der Waals surface area (Å²) in [7, 11) is 3.63. The molecule has 0 amide bonds. The third-order valence-electron chi connectivity index (χ3n) is 4.15. The molecule has 0 atom stereocenters. The molecular formula is C15H22N2O3. The first-order valence-electron chi connectivity index (χ1n) is 7.16. The molecule has 1 aromatic carbocycles. The van der Waals surface area contributed by atoms with E-state index in [1.165, 1.54) is 0 Å². The average molecular weight is 278 g/mol. The summed E-state index contributed by atoms with van der Waals surface area (Å²) in [5, 5.41) is 3.17. The first-order chi connectivity index (χ1) is 9.78. The smallest absolute Gasteiger partial charge is 0.171 e. The molecule has 2 heterocycles. The normalized spacial score (nSPS) is 21.2. The van der Waals surface area contributed by atoms with Crippen molar-refractivity contribution < 1.29 is 14.2 Å². The van der Waals surface area contributed by atoms with Crippen LogP contribution in [-0.4, -0.2) is 46.2 Å². The number of benzene rings is 1. The highest BCUT2D eigenvalue weighted by Crippen LogP contribution is 2.39. The van der Waals surface area contributed by atoms with Gasteiger partial charge in [0.15, 0.2) is 11.5 Å². The number of para-hydroxylation sites is 1. The van der Waals surface area contributed by atoms with Crippen molar-refractivity contribution in [1.29, 1.82) is 0 Å². The van der Waals surface area contributed by atoms with Crippen LogP contribution >= 0.6 is 0 Å². The second-order valence-corrected chi connectivity index (χ2v) is 5.20. The molecule has 2 aliphatic rings. The van der Waals surface area contributed by atoms with Crippen molar-refractivity contribution in [2.75, 3.05) is 50.7 Å². The third-order valence-corrected chi connectivity index (χ3v) is 4.15. The van der Waals surface area contributed by atoms with Gasteiger partial charge in [-0.1, -0.05) is 6.07 Å². The summed E-state index contributed by atoms with van der Waals surface area (Å²) in [6.07, 6.45) is 1.81. The molecule has 0 radical (unpaired) electrons. The predicted octanol–water partition coefficient (Wildman–Crippen LogP) is 2.08. The monoisotopic (exact) mass is 278 g/mol. The maximum Gasteiger partial charge on any atom is 0.171 e. The molecule has 1 N–H and O–H groups in total. The van der Waals surface area contributed by atoms with Crippen molar-refractivity contribution in [2.24, 2.45) is 0 Å². The number of ether oxygens (including phenoxy) is 3. The first kappa shape index (κ1) is 13.5. The fourth-order valence-corrected chi connectivity index (χ4v) is 3.06. The summed E-state index contributed by atoms with van der Waals surface area (Å²) in [6.45, 7) is 3.28. The van der Waals surface area contributed by atoms with Gasteiger partial charge in [0.2, 0.25) is 0 Å². The minimum atomic E-state index is -0.329. The predicted molar refractivity (Wildman–Crippen MR) is 78.6 cm³/mol. The van der Waals surface area contributed by atoms with Crippen LogP contribution in [0, 0.1) is 0 Å². The van der Waals surface area contributed by atoms with Crippen molar-refractivity contribution in [3.05, 3.63) is 18.2 Å². The standard InChI is InChI=1S/C15H22N2O3/c1-16-12-4-3-5-13(14(12)18-2)17-8-6-15(7-9-17)19-10-11-20-15/h3-5,16H,6-11H2,1-2H3. The van der Waals surface area contributed by atoms with E-state index in [4.69, 9.17) is 14.2 Å². The minimum Gasteiger partial charge on any atom is -0.492 e. The van der Waals surface area contributed by atoms with Gasteiger partial charge in [-0.15, -0.1) is 0 Å². The van der Waals surface area contributed by atoms with Crippen LogP contribution < -0.4 is 15.0 Å². The van der Waals surface area contributed by atoms with Crippen molar-refractivity contribution in [2.45, 2.75) is 18.6 Å². The number of piperidine rings is 1. The molecule has 0 bridgehead atoms. The Kier molecular flexibility index (Phi) is 3.72. The van der Waals surface area contributed by atoms with Crippen LogP contribution in [0.3, 0.4) is 0 Å². The number of anilines is 2. The van der Waals surface area contributed by atoms with E-state index in [1.807, 2.05) is 13.1 Å². The van der Waals surface area contributed by atoms with Gasteiger partial charge in [0.25, 0.3) is 0 Å². The molecule has 2 fully saturated rings. The molecule has 5 heteroatoms. The summed E-state index contributed by atoms with van der Waals surface area (Å²) in [5.74, 6) is 0.573. The Morgan fingerprint density at radius 2 is 1.90 bits per heavy atom. The van der Waals surface area contributed by atoms with Crippen LogP contribution in [0.15, 0.2) is 18.2 Å². The van der Waals surface area contributed by atoms with Crippen molar-refractivity contribution >= 4 is 11.4 Å². The number of nitrogens with one attached hydrogen (secondary N) is 1. The Morgan fingerprint density at radius 1 is 1.20 bits per heavy atom. The van der Waals surface area contributed by atoms with Gasteiger partial charge >= 0.3 is 0 Å². The molecule has 1 aromatic rings. The highest BCUT2D eigenvalue weighted by molar-refractivity contribution is 5.72. The van der Waals surface area contributed by atoms with Gasteiger partial charge < -0.3 is 24.4 Å². The van der Waals surface area contributed by atoms with Crippen LogP contribution in [0.4, 0.5) is 11.4 Å². The van der Waals surface area contributed by atoms with Crippen LogP contribution in [0.1, 0.15) is 12.8 Å². The lowest BCUT2D eigenvalue weighted by Gasteiger charge is -2.39. The molecule has 2 aliphatic heterocycles. The lowest BCUT2D eigenvalue weighted by molar-refractivity contribution is -0.169. The van der Waals surface area contributed by atoms with E-state index in [0.717, 1.165) is 56.3 Å². The second kappa shape index (κ2) is 5.50. The number of nitrogens with zero attached hydrogens (tertiary/aromatic N) is 1. The first-order valence-corrected chi connectivity index (χ1v) is 7.16. The zero-order valence-corrected chi connectivity index (χ0v) is 12.1. The molecule has 20 heavy (non-hydrogen) atoms. The summed E-state index contributed by atoms with van der Waals surface area (Å²) < 4.78 is 17.1. The summed E-state index contributed by atoms with van der Waals surface area (Å²) in [5.41, 5.74) is 2.14. The molecule has 0 aromatic heterocycles. The van der Waals surface area contributed by atoms with E-state index < -0.39 is 0 Å². The average Bonchev–Trinajstić information content (AvgIpc) is 2.95. The van der Waals surface area contributed by atoms with Gasteiger partial charge in [-0.3, -0.25) is 0 Å². The maximum absolute atomic E-state index is 5.77. The SMILES string of the molecule is CNc1cccc(N2CCC3(CC2)OCCO3)c1OC. The molecular weight excluding hydrogens is 256 g/mol. The third kappa shape index (κ3) is 2.31. The second-order valence-electron chi connectivity index (χ2n) is 5.20. The molecule has 1 spiro atoms. The highest BCUT2D eigenvalue weighted by atomic mass is 16.7. The Hall–Kier alpha value is -1.46. The fraction of sp³-hybridized carbons (Fsp3) is 0.600. The van der Waals surface area contributed by atoms with E-state index >= 15 is 0 Å². The maximum atomic E-state index is 5.77. The van der Waals surface area contributed by atoms with Crippen LogP contribution in [0.2, 0.25) is 0 Å². The van der Waals surface area contributed by atoms with E-state index in [2.05, 4.69) is 22.3 Å². The van der Waals surface area contributed by atoms with Gasteiger partial charge in [0, 0.05) is 33.0 Å². The van der Waals surface area contributed by atoms with Crippen molar-refractivity contribution in [3.8, 4) is 5.75 Å². The van der Waals surface area contributed by atoms with Gasteiger partial charge in [0.05, 0.1) is 31.7 Å². The molecule has 0 unspecified atom stereocenters. The topological polar surface area (TPSA) is 43.0 Å². The molecule has 5 nitrogen and oxygen atoms in total. The van der Waals surface area contributed by atoms with Crippen molar-refractivity contribution in [1.82, 2.24) is 0 Å². The van der Waals surface area contributed by atoms with Crippen LogP contribution in [0.5, 0.6) is 5.75 Å². The Morgan fingerprint density at radius 3 is 2.50 bits per heavy atom. The van der Waals surface area contributed by atoms with Crippen molar-refractivity contribution in [3.63, 3.8) is 0 Å². The highest BCUT2D eigenvalue weighted by Gasteiger charge is 2.40. The largest absolute Gasteiger partial charge is 0.492 e. The van der Waals surface area contributed by atoms with E-state index in [0.29, 0.717) is 0 Å². The Labute approximate surface area is 119 Å². The van der Waals surface area contributed by atoms with Gasteiger partial charge in [0.1, 0.15) is 0 Å². The van der Waals surface area contributed by atoms with E-state index in [-0.39, 0.29) is 5.79 Å². The minimum absolute atomic E-state index is 0.329. The van der Waals surface area contributed by atoms with Crippen LogP contribution in [0.25, 0.3) is 0 Å². The fourth-order valence-electron chi connectivity index (χ4n) is 3.06. The molecule has 0 saturated carbocycles. The van der Waals surface area contributed by atoms with E-state index in [9.17, 15) is 0 Å². The number of methoxy groups -OCH3 is 1. The molecule has 110 valence electrons. The Bertz CT molecular complexity index is 462.